The highest BCUT2D eigenvalue weighted by atomic mass is 35.5. The molecule has 1 saturated heterocycles. The number of nitroso groups, excluding NO2 is 1. The third-order valence-corrected chi connectivity index (χ3v) is 7.12. The molecule has 1 amide bonds. The van der Waals surface area contributed by atoms with Crippen LogP contribution in [0.5, 0.6) is 0 Å². The summed E-state index contributed by atoms with van der Waals surface area (Å²) in [5.74, 6) is -0.613. The average Bonchev–Trinajstić information content (AvgIpc) is 2.90. The average molecular weight is 489 g/mol. The zero-order valence-electron chi connectivity index (χ0n) is 19.3. The monoisotopic (exact) mass is 488 g/mol. The van der Waals surface area contributed by atoms with Crippen LogP contribution in [0.2, 0.25) is 5.02 Å². The van der Waals surface area contributed by atoms with E-state index in [0.29, 0.717) is 28.4 Å². The van der Waals surface area contributed by atoms with Crippen molar-refractivity contribution in [1.82, 2.24) is 5.32 Å². The first kappa shape index (κ1) is 23.2. The molecule has 0 aliphatic carbocycles. The number of rotatable bonds is 5. The SMILES string of the molecule is CC1(c2ccc(N=O)cc2)C(=O)c2c(N3CCNCC3)cc(Cl)cc2N(Cc2ccccc2)C1=O. The summed E-state index contributed by atoms with van der Waals surface area (Å²) in [4.78, 5) is 43.2. The molecule has 0 spiro atoms. The Kier molecular flexibility index (Phi) is 6.13. The molecule has 0 bridgehead atoms. The molecule has 0 saturated carbocycles. The van der Waals surface area contributed by atoms with Crippen molar-refractivity contribution >= 4 is 40.4 Å². The Morgan fingerprint density at radius 2 is 1.63 bits per heavy atom. The van der Waals surface area contributed by atoms with Gasteiger partial charge in [0.2, 0.25) is 5.91 Å². The molecule has 2 aliphatic heterocycles. The van der Waals surface area contributed by atoms with Crippen LogP contribution in [-0.2, 0) is 16.8 Å². The number of Topliss-reactive ketones (excluding diaryl/α,β-unsaturated/α-hetero) is 1. The van der Waals surface area contributed by atoms with Crippen LogP contribution in [0.15, 0.2) is 71.9 Å². The summed E-state index contributed by atoms with van der Waals surface area (Å²) in [6.07, 6.45) is 0. The van der Waals surface area contributed by atoms with Gasteiger partial charge in [0.15, 0.2) is 5.78 Å². The van der Waals surface area contributed by atoms with Gasteiger partial charge in [0, 0.05) is 31.2 Å². The van der Waals surface area contributed by atoms with Gasteiger partial charge in [0.1, 0.15) is 11.1 Å². The van der Waals surface area contributed by atoms with Crippen molar-refractivity contribution in [3.8, 4) is 0 Å². The Hall–Kier alpha value is -3.55. The summed E-state index contributed by atoms with van der Waals surface area (Å²) < 4.78 is 0. The summed E-state index contributed by atoms with van der Waals surface area (Å²) in [6, 6.07) is 19.5. The van der Waals surface area contributed by atoms with E-state index < -0.39 is 5.41 Å². The maximum Gasteiger partial charge on any atom is 0.245 e. The van der Waals surface area contributed by atoms with E-state index in [-0.39, 0.29) is 17.4 Å². The first-order valence-electron chi connectivity index (χ1n) is 11.6. The minimum Gasteiger partial charge on any atom is -0.368 e. The molecule has 178 valence electrons. The quantitative estimate of drug-likeness (QED) is 0.410. The van der Waals surface area contributed by atoms with Crippen LogP contribution in [0.4, 0.5) is 17.1 Å². The lowest BCUT2D eigenvalue weighted by Crippen LogP contribution is -2.55. The van der Waals surface area contributed by atoms with Gasteiger partial charge in [-0.1, -0.05) is 54.1 Å². The summed E-state index contributed by atoms with van der Waals surface area (Å²) in [7, 11) is 0. The fraction of sp³-hybridized carbons (Fsp3) is 0.259. The molecule has 3 aromatic rings. The summed E-state index contributed by atoms with van der Waals surface area (Å²) >= 11 is 6.55. The topological polar surface area (TPSA) is 82.1 Å². The van der Waals surface area contributed by atoms with E-state index in [9.17, 15) is 14.5 Å². The number of amides is 1. The maximum atomic E-state index is 14.3. The van der Waals surface area contributed by atoms with E-state index in [4.69, 9.17) is 11.6 Å². The zero-order valence-corrected chi connectivity index (χ0v) is 20.1. The number of fused-ring (bicyclic) bond motifs is 1. The number of halogens is 1. The Morgan fingerprint density at radius 3 is 2.29 bits per heavy atom. The van der Waals surface area contributed by atoms with Crippen LogP contribution in [0.1, 0.15) is 28.4 Å². The van der Waals surface area contributed by atoms with E-state index in [1.54, 1.807) is 30.0 Å². The molecule has 1 unspecified atom stereocenters. The highest BCUT2D eigenvalue weighted by Crippen LogP contribution is 2.46. The van der Waals surface area contributed by atoms with Crippen molar-refractivity contribution in [2.24, 2.45) is 5.18 Å². The smallest absolute Gasteiger partial charge is 0.245 e. The van der Waals surface area contributed by atoms with Crippen molar-refractivity contribution in [2.75, 3.05) is 36.0 Å². The number of ketones is 1. The van der Waals surface area contributed by atoms with Crippen LogP contribution in [-0.4, -0.2) is 37.9 Å². The maximum absolute atomic E-state index is 14.3. The molecular formula is C27H25ClN4O3. The largest absolute Gasteiger partial charge is 0.368 e. The standard InChI is InChI=1S/C27H25ClN4O3/c1-27(19-7-9-21(30-35)10-8-19)25(33)24-22(31-13-11-29-12-14-31)15-20(28)16-23(24)32(26(27)34)17-18-5-3-2-4-6-18/h2-10,15-16,29H,11-14,17H2,1H3. The Bertz CT molecular complexity index is 1290. The molecular weight excluding hydrogens is 464 g/mol. The number of hydrogen-bond acceptors (Lipinski definition) is 6. The van der Waals surface area contributed by atoms with E-state index >= 15 is 0 Å². The minimum absolute atomic E-state index is 0.239. The summed E-state index contributed by atoms with van der Waals surface area (Å²) in [5, 5.41) is 6.76. The highest BCUT2D eigenvalue weighted by Gasteiger charge is 2.52. The van der Waals surface area contributed by atoms with Gasteiger partial charge in [-0.05, 0) is 47.5 Å². The fourth-order valence-electron chi connectivity index (χ4n) is 4.94. The van der Waals surface area contributed by atoms with Gasteiger partial charge >= 0.3 is 0 Å². The van der Waals surface area contributed by atoms with Crippen molar-refractivity contribution in [3.05, 3.63) is 93.4 Å². The number of nitrogens with one attached hydrogen (secondary N) is 1. The van der Waals surface area contributed by atoms with Gasteiger partial charge in [0.05, 0.1) is 23.5 Å². The van der Waals surface area contributed by atoms with Crippen LogP contribution >= 0.6 is 11.6 Å². The summed E-state index contributed by atoms with van der Waals surface area (Å²) in [5.41, 5.74) is 1.97. The minimum atomic E-state index is -1.47. The molecule has 1 atom stereocenters. The first-order valence-corrected chi connectivity index (χ1v) is 11.9. The predicted molar refractivity (Wildman–Crippen MR) is 138 cm³/mol. The van der Waals surface area contributed by atoms with Crippen molar-refractivity contribution in [1.29, 1.82) is 0 Å². The molecule has 1 N–H and O–H groups in total. The first-order chi connectivity index (χ1) is 16.9. The molecule has 2 aliphatic rings. The lowest BCUT2D eigenvalue weighted by molar-refractivity contribution is -0.122. The van der Waals surface area contributed by atoms with Crippen molar-refractivity contribution in [3.63, 3.8) is 0 Å². The predicted octanol–water partition coefficient (Wildman–Crippen LogP) is 4.83. The highest BCUT2D eigenvalue weighted by molar-refractivity contribution is 6.34. The van der Waals surface area contributed by atoms with E-state index in [0.717, 1.165) is 37.4 Å². The Morgan fingerprint density at radius 1 is 0.971 bits per heavy atom. The van der Waals surface area contributed by atoms with Gasteiger partial charge < -0.3 is 15.1 Å². The Balaban J connectivity index is 1.72. The van der Waals surface area contributed by atoms with Crippen molar-refractivity contribution in [2.45, 2.75) is 18.9 Å². The lowest BCUT2D eigenvalue weighted by atomic mass is 9.71. The van der Waals surface area contributed by atoms with Gasteiger partial charge in [-0.3, -0.25) is 9.59 Å². The van der Waals surface area contributed by atoms with Gasteiger partial charge in [-0.15, -0.1) is 4.91 Å². The van der Waals surface area contributed by atoms with E-state index in [1.807, 2.05) is 36.4 Å². The molecule has 7 nitrogen and oxygen atoms in total. The second-order valence-corrected chi connectivity index (χ2v) is 9.46. The second-order valence-electron chi connectivity index (χ2n) is 9.03. The second kappa shape index (κ2) is 9.24. The van der Waals surface area contributed by atoms with Crippen LogP contribution < -0.4 is 15.1 Å². The molecule has 0 aromatic heterocycles. The molecule has 3 aromatic carbocycles. The Labute approximate surface area is 208 Å². The van der Waals surface area contributed by atoms with Gasteiger partial charge in [-0.25, -0.2) is 0 Å². The molecule has 2 heterocycles. The number of piperazine rings is 1. The summed E-state index contributed by atoms with van der Waals surface area (Å²) in [6.45, 7) is 4.99. The number of carbonyl (C=O) groups excluding carboxylic acids is 2. The number of benzene rings is 3. The van der Waals surface area contributed by atoms with E-state index in [2.05, 4.69) is 15.4 Å². The number of nitrogens with zero attached hydrogens (tertiary/aromatic N) is 3. The third kappa shape index (κ3) is 4.00. The molecule has 0 radical (unpaired) electrons. The van der Waals surface area contributed by atoms with Crippen LogP contribution in [0.3, 0.4) is 0 Å². The number of anilines is 2. The molecule has 5 rings (SSSR count). The fourth-order valence-corrected chi connectivity index (χ4v) is 5.15. The normalized spacial score (nSPS) is 20.1. The van der Waals surface area contributed by atoms with Crippen LogP contribution in [0, 0.1) is 4.91 Å². The number of hydrogen-bond donors (Lipinski definition) is 1. The molecule has 8 heteroatoms. The molecule has 35 heavy (non-hydrogen) atoms. The van der Waals surface area contributed by atoms with E-state index in [1.165, 1.54) is 12.1 Å². The molecule has 1 fully saturated rings. The lowest BCUT2D eigenvalue weighted by Gasteiger charge is -2.42. The van der Waals surface area contributed by atoms with Gasteiger partial charge in [-0.2, -0.15) is 0 Å². The van der Waals surface area contributed by atoms with Gasteiger partial charge in [0.25, 0.3) is 0 Å². The van der Waals surface area contributed by atoms with Crippen LogP contribution in [0.25, 0.3) is 0 Å². The van der Waals surface area contributed by atoms with Crippen molar-refractivity contribution < 1.29 is 9.59 Å². The number of carbonyl (C=O) groups is 2. The third-order valence-electron chi connectivity index (χ3n) is 6.90. The zero-order chi connectivity index (χ0) is 24.6.